The van der Waals surface area contributed by atoms with Crippen LogP contribution < -0.4 is 9.47 Å². The van der Waals surface area contributed by atoms with E-state index in [0.717, 1.165) is 5.56 Å². The summed E-state index contributed by atoms with van der Waals surface area (Å²) in [6.07, 6.45) is 1.58. The first-order valence-corrected chi connectivity index (χ1v) is 8.74. The quantitative estimate of drug-likeness (QED) is 0.598. The van der Waals surface area contributed by atoms with Crippen LogP contribution in [0.5, 0.6) is 11.5 Å². The molecule has 28 heavy (non-hydrogen) atoms. The molecular weight excluding hydrogens is 356 g/mol. The molecule has 0 atom stereocenters. The third kappa shape index (κ3) is 4.92. The Balaban J connectivity index is 1.71. The summed E-state index contributed by atoms with van der Waals surface area (Å²) >= 11 is 0. The molecule has 1 heterocycles. The maximum Gasteiger partial charge on any atom is 0.261 e. The first-order chi connectivity index (χ1) is 13.7. The van der Waals surface area contributed by atoms with Crippen LogP contribution in [0.3, 0.4) is 0 Å². The molecule has 0 aliphatic rings. The zero-order chi connectivity index (χ0) is 19.8. The highest BCUT2D eigenvalue weighted by atomic mass is 16.5. The molecule has 0 fully saturated rings. The summed E-state index contributed by atoms with van der Waals surface area (Å²) in [6, 6.07) is 20.2. The van der Waals surface area contributed by atoms with Gasteiger partial charge >= 0.3 is 0 Å². The first kappa shape index (κ1) is 19.1. The Morgan fingerprint density at radius 1 is 1.07 bits per heavy atom. The van der Waals surface area contributed by atoms with Crippen LogP contribution >= 0.6 is 0 Å². The molecule has 0 bridgehead atoms. The number of carbonyl (C=O) groups excluding carboxylic acids is 1. The molecule has 6 heteroatoms. The van der Waals surface area contributed by atoms with Gasteiger partial charge < -0.3 is 18.8 Å². The van der Waals surface area contributed by atoms with E-state index in [9.17, 15) is 4.79 Å². The molecule has 0 spiro atoms. The Morgan fingerprint density at radius 2 is 1.89 bits per heavy atom. The normalized spacial score (nSPS) is 10.1. The van der Waals surface area contributed by atoms with Crippen LogP contribution in [0.1, 0.15) is 16.9 Å². The van der Waals surface area contributed by atoms with Crippen molar-refractivity contribution >= 4 is 5.91 Å². The van der Waals surface area contributed by atoms with Gasteiger partial charge in [0.2, 0.25) is 0 Å². The van der Waals surface area contributed by atoms with E-state index in [4.69, 9.17) is 19.2 Å². The van der Waals surface area contributed by atoms with Crippen LogP contribution in [-0.2, 0) is 17.9 Å². The van der Waals surface area contributed by atoms with Gasteiger partial charge in [-0.05, 0) is 29.8 Å². The topological polar surface area (TPSA) is 75.7 Å². The Kier molecular flexibility index (Phi) is 6.32. The average Bonchev–Trinajstić information content (AvgIpc) is 3.25. The number of ether oxygens (including phenoxy) is 2. The number of nitriles is 1. The highest BCUT2D eigenvalue weighted by Crippen LogP contribution is 2.28. The van der Waals surface area contributed by atoms with Gasteiger partial charge in [-0.3, -0.25) is 4.79 Å². The molecule has 142 valence electrons. The lowest BCUT2D eigenvalue weighted by Crippen LogP contribution is -2.34. The molecule has 1 amide bonds. The standard InChI is InChI=1S/C22H20N2O4/c1-26-21-12-18(13-23)9-10-20(21)28-16-22(25)24(15-19-8-5-11-27-19)14-17-6-3-2-4-7-17/h2-12H,14-16H2,1H3. The van der Waals surface area contributed by atoms with Crippen LogP contribution in [0.25, 0.3) is 0 Å². The Labute approximate surface area is 163 Å². The van der Waals surface area contributed by atoms with Crippen LogP contribution in [0.4, 0.5) is 0 Å². The van der Waals surface area contributed by atoms with Crippen molar-refractivity contribution in [2.75, 3.05) is 13.7 Å². The molecule has 0 unspecified atom stereocenters. The van der Waals surface area contributed by atoms with Crippen molar-refractivity contribution in [3.63, 3.8) is 0 Å². The summed E-state index contributed by atoms with van der Waals surface area (Å²) in [5.41, 5.74) is 1.47. The Hall–Kier alpha value is -3.72. The monoisotopic (exact) mass is 376 g/mol. The number of amides is 1. The zero-order valence-electron chi connectivity index (χ0n) is 15.5. The highest BCUT2D eigenvalue weighted by molar-refractivity contribution is 5.77. The van der Waals surface area contributed by atoms with E-state index in [1.165, 1.54) is 7.11 Å². The van der Waals surface area contributed by atoms with Gasteiger partial charge in [0.05, 0.1) is 31.6 Å². The summed E-state index contributed by atoms with van der Waals surface area (Å²) in [6.45, 7) is 0.624. The van der Waals surface area contributed by atoms with E-state index in [0.29, 0.717) is 35.9 Å². The van der Waals surface area contributed by atoms with Gasteiger partial charge in [0.1, 0.15) is 5.76 Å². The van der Waals surface area contributed by atoms with E-state index in [1.807, 2.05) is 42.5 Å². The van der Waals surface area contributed by atoms with E-state index in [1.54, 1.807) is 35.4 Å². The van der Waals surface area contributed by atoms with Gasteiger partial charge in [-0.15, -0.1) is 0 Å². The molecule has 3 rings (SSSR count). The second-order valence-corrected chi connectivity index (χ2v) is 6.08. The fourth-order valence-corrected chi connectivity index (χ4v) is 2.71. The molecular formula is C22H20N2O4. The minimum absolute atomic E-state index is 0.157. The third-order valence-electron chi connectivity index (χ3n) is 4.14. The zero-order valence-corrected chi connectivity index (χ0v) is 15.5. The fraction of sp³-hybridized carbons (Fsp3) is 0.182. The number of hydrogen-bond acceptors (Lipinski definition) is 5. The lowest BCUT2D eigenvalue weighted by molar-refractivity contribution is -0.134. The summed E-state index contributed by atoms with van der Waals surface area (Å²) in [5.74, 6) is 1.33. The molecule has 0 saturated carbocycles. The summed E-state index contributed by atoms with van der Waals surface area (Å²) in [4.78, 5) is 14.5. The number of rotatable bonds is 8. The molecule has 0 radical (unpaired) electrons. The SMILES string of the molecule is COc1cc(C#N)ccc1OCC(=O)N(Cc1ccccc1)Cc1ccco1. The fourth-order valence-electron chi connectivity index (χ4n) is 2.71. The van der Waals surface area contributed by atoms with Gasteiger partial charge in [-0.25, -0.2) is 0 Å². The van der Waals surface area contributed by atoms with Crippen LogP contribution in [0.15, 0.2) is 71.3 Å². The van der Waals surface area contributed by atoms with Crippen LogP contribution in [0, 0.1) is 11.3 Å². The van der Waals surface area contributed by atoms with E-state index < -0.39 is 0 Å². The highest BCUT2D eigenvalue weighted by Gasteiger charge is 2.18. The van der Waals surface area contributed by atoms with Gasteiger partial charge in [-0.2, -0.15) is 5.26 Å². The maximum atomic E-state index is 12.8. The van der Waals surface area contributed by atoms with Gasteiger partial charge in [-0.1, -0.05) is 30.3 Å². The molecule has 0 saturated heterocycles. The van der Waals surface area contributed by atoms with E-state index in [-0.39, 0.29) is 12.5 Å². The largest absolute Gasteiger partial charge is 0.493 e. The Morgan fingerprint density at radius 3 is 2.57 bits per heavy atom. The van der Waals surface area contributed by atoms with E-state index in [2.05, 4.69) is 0 Å². The van der Waals surface area contributed by atoms with Crippen LogP contribution in [0.2, 0.25) is 0 Å². The molecule has 1 aromatic heterocycles. The van der Waals surface area contributed by atoms with Crippen molar-refractivity contribution in [2.24, 2.45) is 0 Å². The smallest absolute Gasteiger partial charge is 0.261 e. The average molecular weight is 376 g/mol. The van der Waals surface area contributed by atoms with Crippen molar-refractivity contribution in [1.29, 1.82) is 5.26 Å². The predicted octanol–water partition coefficient (Wildman–Crippen LogP) is 3.77. The third-order valence-corrected chi connectivity index (χ3v) is 4.14. The van der Waals surface area contributed by atoms with Crippen molar-refractivity contribution < 1.29 is 18.7 Å². The van der Waals surface area contributed by atoms with Crippen molar-refractivity contribution in [2.45, 2.75) is 13.1 Å². The Bertz CT molecular complexity index is 946. The molecule has 0 N–H and O–H groups in total. The summed E-state index contributed by atoms with van der Waals surface area (Å²) < 4.78 is 16.3. The number of methoxy groups -OCH3 is 1. The number of benzene rings is 2. The molecule has 2 aromatic carbocycles. The van der Waals surface area contributed by atoms with Gasteiger partial charge in [0, 0.05) is 12.6 Å². The first-order valence-electron chi connectivity index (χ1n) is 8.74. The summed E-state index contributed by atoms with van der Waals surface area (Å²) in [5, 5.41) is 8.99. The lowest BCUT2D eigenvalue weighted by atomic mass is 10.2. The molecule has 0 aliphatic carbocycles. The van der Waals surface area contributed by atoms with E-state index >= 15 is 0 Å². The number of hydrogen-bond donors (Lipinski definition) is 0. The van der Waals surface area contributed by atoms with Crippen molar-refractivity contribution in [3.05, 3.63) is 83.8 Å². The molecule has 0 aliphatic heterocycles. The molecule has 6 nitrogen and oxygen atoms in total. The number of furan rings is 1. The van der Waals surface area contributed by atoms with Gasteiger partial charge in [0.25, 0.3) is 5.91 Å². The van der Waals surface area contributed by atoms with Crippen LogP contribution in [-0.4, -0.2) is 24.5 Å². The second-order valence-electron chi connectivity index (χ2n) is 6.08. The number of carbonyl (C=O) groups is 1. The maximum absolute atomic E-state index is 12.8. The van der Waals surface area contributed by atoms with Crippen molar-refractivity contribution in [1.82, 2.24) is 4.90 Å². The van der Waals surface area contributed by atoms with Gasteiger partial charge in [0.15, 0.2) is 18.1 Å². The number of nitrogens with zero attached hydrogens (tertiary/aromatic N) is 2. The molecule has 3 aromatic rings. The summed E-state index contributed by atoms with van der Waals surface area (Å²) in [7, 11) is 1.49. The predicted molar refractivity (Wildman–Crippen MR) is 103 cm³/mol. The lowest BCUT2D eigenvalue weighted by Gasteiger charge is -2.22. The minimum Gasteiger partial charge on any atom is -0.493 e. The second kappa shape index (κ2) is 9.28. The van der Waals surface area contributed by atoms with Crippen molar-refractivity contribution in [3.8, 4) is 17.6 Å². The minimum atomic E-state index is -0.188.